The second kappa shape index (κ2) is 7.14. The molecule has 0 bridgehead atoms. The van der Waals surface area contributed by atoms with Crippen LogP contribution in [0.4, 0.5) is 0 Å². The number of esters is 1. The fourth-order valence-electron chi connectivity index (χ4n) is 2.29. The molecule has 1 atom stereocenters. The Hall–Kier alpha value is -1.75. The molecular formula is C15H21NO4. The Bertz CT molecular complexity index is 455. The van der Waals surface area contributed by atoms with Crippen molar-refractivity contribution >= 4 is 5.97 Å². The third-order valence-electron chi connectivity index (χ3n) is 3.44. The molecule has 1 N–H and O–H groups in total. The number of hydrogen-bond acceptors (Lipinski definition) is 5. The molecule has 1 aliphatic rings. The summed E-state index contributed by atoms with van der Waals surface area (Å²) in [5.74, 6) is 0.810. The monoisotopic (exact) mass is 279 g/mol. The molecule has 2 rings (SSSR count). The second-order valence-electron chi connectivity index (χ2n) is 4.82. The largest absolute Gasteiger partial charge is 0.493 e. The van der Waals surface area contributed by atoms with Gasteiger partial charge in [0, 0.05) is 6.04 Å². The van der Waals surface area contributed by atoms with E-state index in [1.54, 1.807) is 25.3 Å². The van der Waals surface area contributed by atoms with Crippen LogP contribution in [-0.2, 0) is 4.74 Å². The summed E-state index contributed by atoms with van der Waals surface area (Å²) in [6.07, 6.45) is 3.55. The zero-order chi connectivity index (χ0) is 14.4. The Morgan fingerprint density at radius 3 is 2.80 bits per heavy atom. The van der Waals surface area contributed by atoms with E-state index in [9.17, 15) is 4.79 Å². The Kier molecular flexibility index (Phi) is 5.24. The molecule has 1 saturated heterocycles. The van der Waals surface area contributed by atoms with E-state index < -0.39 is 0 Å². The Morgan fingerprint density at radius 2 is 2.15 bits per heavy atom. The summed E-state index contributed by atoms with van der Waals surface area (Å²) in [7, 11) is 2.94. The van der Waals surface area contributed by atoms with E-state index in [0.717, 1.165) is 13.0 Å². The lowest BCUT2D eigenvalue weighted by molar-refractivity contribution is 0.0600. The smallest absolute Gasteiger partial charge is 0.337 e. The molecule has 0 radical (unpaired) electrons. The first kappa shape index (κ1) is 14.7. The quantitative estimate of drug-likeness (QED) is 0.835. The van der Waals surface area contributed by atoms with Gasteiger partial charge in [-0.1, -0.05) is 6.42 Å². The molecule has 110 valence electrons. The predicted octanol–water partition coefficient (Wildman–Crippen LogP) is 2.00. The average molecular weight is 279 g/mol. The van der Waals surface area contributed by atoms with E-state index in [1.165, 1.54) is 20.0 Å². The van der Waals surface area contributed by atoms with Gasteiger partial charge in [-0.3, -0.25) is 0 Å². The molecule has 0 saturated carbocycles. The van der Waals surface area contributed by atoms with Gasteiger partial charge in [0.15, 0.2) is 11.5 Å². The Labute approximate surface area is 119 Å². The number of nitrogens with one attached hydrogen (secondary N) is 1. The maximum atomic E-state index is 11.5. The maximum absolute atomic E-state index is 11.5. The summed E-state index contributed by atoms with van der Waals surface area (Å²) in [5.41, 5.74) is 0.458. The van der Waals surface area contributed by atoms with Crippen LogP contribution in [0.15, 0.2) is 18.2 Å². The zero-order valence-electron chi connectivity index (χ0n) is 12.0. The van der Waals surface area contributed by atoms with E-state index >= 15 is 0 Å². The van der Waals surface area contributed by atoms with Crippen molar-refractivity contribution in [3.63, 3.8) is 0 Å². The third-order valence-corrected chi connectivity index (χ3v) is 3.44. The number of rotatable bonds is 5. The van der Waals surface area contributed by atoms with Crippen molar-refractivity contribution < 1.29 is 19.0 Å². The van der Waals surface area contributed by atoms with E-state index in [1.807, 2.05) is 0 Å². The van der Waals surface area contributed by atoms with Crippen LogP contribution in [0.25, 0.3) is 0 Å². The fourth-order valence-corrected chi connectivity index (χ4v) is 2.29. The first-order chi connectivity index (χ1) is 9.74. The minimum absolute atomic E-state index is 0.357. The number of benzene rings is 1. The van der Waals surface area contributed by atoms with Crippen LogP contribution in [0.2, 0.25) is 0 Å². The van der Waals surface area contributed by atoms with Crippen molar-refractivity contribution in [3.05, 3.63) is 23.8 Å². The van der Waals surface area contributed by atoms with Gasteiger partial charge in [0.25, 0.3) is 0 Å². The van der Waals surface area contributed by atoms with Crippen LogP contribution < -0.4 is 14.8 Å². The lowest BCUT2D eigenvalue weighted by Crippen LogP contribution is -2.38. The van der Waals surface area contributed by atoms with Gasteiger partial charge in [0.05, 0.1) is 19.8 Å². The number of carbonyl (C=O) groups excluding carboxylic acids is 1. The Morgan fingerprint density at radius 1 is 1.30 bits per heavy atom. The molecule has 0 aromatic heterocycles. The molecule has 5 nitrogen and oxygen atoms in total. The van der Waals surface area contributed by atoms with Gasteiger partial charge in [-0.2, -0.15) is 0 Å². The lowest BCUT2D eigenvalue weighted by atomic mass is 10.1. The number of methoxy groups -OCH3 is 2. The van der Waals surface area contributed by atoms with Gasteiger partial charge < -0.3 is 19.5 Å². The number of carbonyl (C=O) groups is 1. The van der Waals surface area contributed by atoms with Gasteiger partial charge >= 0.3 is 5.97 Å². The Balaban J connectivity index is 2.05. The fraction of sp³-hybridized carbons (Fsp3) is 0.533. The summed E-state index contributed by atoms with van der Waals surface area (Å²) < 4.78 is 15.8. The molecule has 1 aliphatic heterocycles. The van der Waals surface area contributed by atoms with Crippen molar-refractivity contribution in [2.45, 2.75) is 25.3 Å². The van der Waals surface area contributed by atoms with Gasteiger partial charge in [-0.25, -0.2) is 4.79 Å². The highest BCUT2D eigenvalue weighted by atomic mass is 16.5. The summed E-state index contributed by atoms with van der Waals surface area (Å²) in [6, 6.07) is 5.40. The van der Waals surface area contributed by atoms with Crippen LogP contribution in [0, 0.1) is 0 Å². The number of hydrogen-bond donors (Lipinski definition) is 1. The summed E-state index contributed by atoms with van der Waals surface area (Å²) >= 11 is 0. The molecule has 1 unspecified atom stereocenters. The first-order valence-corrected chi connectivity index (χ1v) is 6.87. The predicted molar refractivity (Wildman–Crippen MR) is 75.5 cm³/mol. The summed E-state index contributed by atoms with van der Waals surface area (Å²) in [5, 5.41) is 3.42. The van der Waals surface area contributed by atoms with Crippen LogP contribution >= 0.6 is 0 Å². The molecular weight excluding hydrogens is 258 g/mol. The molecule has 1 aromatic carbocycles. The average Bonchev–Trinajstić information content (AvgIpc) is 2.52. The molecule has 0 spiro atoms. The lowest BCUT2D eigenvalue weighted by Gasteiger charge is -2.24. The van der Waals surface area contributed by atoms with E-state index in [-0.39, 0.29) is 5.97 Å². The SMILES string of the molecule is COC(=O)c1ccc(OC)c(OCC2CCCCN2)c1. The topological polar surface area (TPSA) is 56.8 Å². The maximum Gasteiger partial charge on any atom is 0.337 e. The van der Waals surface area contributed by atoms with Crippen LogP contribution in [-0.4, -0.2) is 39.4 Å². The van der Waals surface area contributed by atoms with Crippen molar-refractivity contribution in [3.8, 4) is 11.5 Å². The normalized spacial score (nSPS) is 18.4. The minimum atomic E-state index is -0.381. The van der Waals surface area contributed by atoms with Crippen molar-refractivity contribution in [2.24, 2.45) is 0 Å². The second-order valence-corrected chi connectivity index (χ2v) is 4.82. The number of ether oxygens (including phenoxy) is 3. The van der Waals surface area contributed by atoms with Crippen molar-refractivity contribution in [1.29, 1.82) is 0 Å². The highest BCUT2D eigenvalue weighted by molar-refractivity contribution is 5.90. The highest BCUT2D eigenvalue weighted by Gasteiger charge is 2.16. The summed E-state index contributed by atoms with van der Waals surface area (Å²) in [6.45, 7) is 1.61. The third kappa shape index (κ3) is 3.63. The van der Waals surface area contributed by atoms with Crippen molar-refractivity contribution in [2.75, 3.05) is 27.4 Å². The van der Waals surface area contributed by atoms with E-state index in [0.29, 0.717) is 29.7 Å². The molecule has 0 aliphatic carbocycles. The molecule has 0 amide bonds. The standard InChI is InChI=1S/C15H21NO4/c1-18-13-7-6-11(15(17)19-2)9-14(13)20-10-12-5-3-4-8-16-12/h6-7,9,12,16H,3-5,8,10H2,1-2H3. The molecule has 1 fully saturated rings. The molecule has 1 aromatic rings. The molecule has 20 heavy (non-hydrogen) atoms. The zero-order valence-corrected chi connectivity index (χ0v) is 12.0. The first-order valence-electron chi connectivity index (χ1n) is 6.87. The van der Waals surface area contributed by atoms with Crippen LogP contribution in [0.5, 0.6) is 11.5 Å². The highest BCUT2D eigenvalue weighted by Crippen LogP contribution is 2.28. The molecule has 5 heteroatoms. The van der Waals surface area contributed by atoms with Gasteiger partial charge in [-0.15, -0.1) is 0 Å². The van der Waals surface area contributed by atoms with Crippen molar-refractivity contribution in [1.82, 2.24) is 5.32 Å². The van der Waals surface area contributed by atoms with E-state index in [2.05, 4.69) is 5.32 Å². The van der Waals surface area contributed by atoms with Gasteiger partial charge in [-0.05, 0) is 37.6 Å². The van der Waals surface area contributed by atoms with Crippen LogP contribution in [0.1, 0.15) is 29.6 Å². The summed E-state index contributed by atoms with van der Waals surface area (Å²) in [4.78, 5) is 11.5. The van der Waals surface area contributed by atoms with Crippen LogP contribution in [0.3, 0.4) is 0 Å². The van der Waals surface area contributed by atoms with Gasteiger partial charge in [0.1, 0.15) is 6.61 Å². The molecule has 1 heterocycles. The number of piperidine rings is 1. The van der Waals surface area contributed by atoms with E-state index in [4.69, 9.17) is 14.2 Å². The minimum Gasteiger partial charge on any atom is -0.493 e. The van der Waals surface area contributed by atoms with Gasteiger partial charge in [0.2, 0.25) is 0 Å².